The van der Waals surface area contributed by atoms with E-state index in [-0.39, 0.29) is 5.75 Å². The Morgan fingerprint density at radius 3 is 2.89 bits per heavy atom. The van der Waals surface area contributed by atoms with Gasteiger partial charge in [0.1, 0.15) is 15.5 Å². The lowest BCUT2D eigenvalue weighted by Crippen LogP contribution is -2.18. The number of hydrogen-bond donors (Lipinski definition) is 1. The highest BCUT2D eigenvalue weighted by atomic mass is 35.5. The fraction of sp³-hybridized carbons (Fsp3) is 0.417. The number of fused-ring (bicyclic) bond motifs is 1. The SMILES string of the molecule is CS(=O)(=O)CCCNCc1cn2cc(Cl)ccc2n1. The molecule has 0 atom stereocenters. The number of halogens is 1. The Morgan fingerprint density at radius 2 is 2.16 bits per heavy atom. The molecule has 0 aliphatic carbocycles. The van der Waals surface area contributed by atoms with Crippen molar-refractivity contribution in [2.24, 2.45) is 0 Å². The van der Waals surface area contributed by atoms with Gasteiger partial charge >= 0.3 is 0 Å². The third-order valence-corrected chi connectivity index (χ3v) is 3.89. The van der Waals surface area contributed by atoms with Crippen LogP contribution in [0.5, 0.6) is 0 Å². The summed E-state index contributed by atoms with van der Waals surface area (Å²) in [6, 6.07) is 3.66. The van der Waals surface area contributed by atoms with Crippen LogP contribution in [0.1, 0.15) is 12.1 Å². The molecule has 0 spiro atoms. The van der Waals surface area contributed by atoms with Crippen LogP contribution < -0.4 is 5.32 Å². The van der Waals surface area contributed by atoms with Crippen molar-refractivity contribution in [1.82, 2.24) is 14.7 Å². The van der Waals surface area contributed by atoms with Crippen LogP contribution in [0.2, 0.25) is 5.02 Å². The first-order chi connectivity index (χ1) is 8.94. The molecule has 0 amide bonds. The van der Waals surface area contributed by atoms with Crippen molar-refractivity contribution in [3.8, 4) is 0 Å². The van der Waals surface area contributed by atoms with E-state index in [1.807, 2.05) is 16.7 Å². The largest absolute Gasteiger partial charge is 0.311 e. The van der Waals surface area contributed by atoms with E-state index in [1.54, 1.807) is 12.3 Å². The molecule has 0 aliphatic rings. The summed E-state index contributed by atoms with van der Waals surface area (Å²) in [6.45, 7) is 1.27. The summed E-state index contributed by atoms with van der Waals surface area (Å²) in [5, 5.41) is 3.84. The molecule has 0 aliphatic heterocycles. The molecule has 0 unspecified atom stereocenters. The molecule has 2 aromatic heterocycles. The number of aromatic nitrogens is 2. The summed E-state index contributed by atoms with van der Waals surface area (Å²) < 4.78 is 23.8. The zero-order valence-corrected chi connectivity index (χ0v) is 12.2. The van der Waals surface area contributed by atoms with Gasteiger partial charge in [-0.1, -0.05) is 11.6 Å². The molecule has 2 aromatic rings. The van der Waals surface area contributed by atoms with Crippen LogP contribution in [-0.2, 0) is 16.4 Å². The zero-order chi connectivity index (χ0) is 13.9. The number of nitrogens with zero attached hydrogens (tertiary/aromatic N) is 2. The van der Waals surface area contributed by atoms with Gasteiger partial charge in [0.05, 0.1) is 16.5 Å². The number of rotatable bonds is 6. The maximum absolute atomic E-state index is 11.0. The summed E-state index contributed by atoms with van der Waals surface area (Å²) in [7, 11) is -2.87. The van der Waals surface area contributed by atoms with E-state index in [2.05, 4.69) is 10.3 Å². The molecule has 7 heteroatoms. The standard InChI is InChI=1S/C12H16ClN3O2S/c1-19(17,18)6-2-5-14-7-11-9-16-8-10(13)3-4-12(16)15-11/h3-4,8-9,14H,2,5-7H2,1H3. The summed E-state index contributed by atoms with van der Waals surface area (Å²) in [4.78, 5) is 4.42. The van der Waals surface area contributed by atoms with E-state index in [0.29, 0.717) is 24.5 Å². The minimum atomic E-state index is -2.87. The number of pyridine rings is 1. The molecule has 1 N–H and O–H groups in total. The van der Waals surface area contributed by atoms with E-state index >= 15 is 0 Å². The Bertz CT molecular complexity index is 667. The van der Waals surface area contributed by atoms with Gasteiger partial charge < -0.3 is 9.72 Å². The number of imidazole rings is 1. The van der Waals surface area contributed by atoms with Gasteiger partial charge in [-0.05, 0) is 25.1 Å². The second-order valence-corrected chi connectivity index (χ2v) is 7.20. The van der Waals surface area contributed by atoms with Crippen LogP contribution >= 0.6 is 11.6 Å². The quantitative estimate of drug-likeness (QED) is 0.822. The van der Waals surface area contributed by atoms with E-state index < -0.39 is 9.84 Å². The third kappa shape index (κ3) is 4.49. The molecule has 104 valence electrons. The summed E-state index contributed by atoms with van der Waals surface area (Å²) in [5.74, 6) is 0.209. The molecule has 0 bridgehead atoms. The van der Waals surface area contributed by atoms with Gasteiger partial charge in [-0.25, -0.2) is 13.4 Å². The molecular formula is C12H16ClN3O2S. The zero-order valence-electron chi connectivity index (χ0n) is 10.6. The Labute approximate surface area is 117 Å². The molecule has 0 fully saturated rings. The summed E-state index contributed by atoms with van der Waals surface area (Å²) in [5.41, 5.74) is 1.75. The molecule has 0 radical (unpaired) electrons. The van der Waals surface area contributed by atoms with Crippen LogP contribution in [-0.4, -0.2) is 36.4 Å². The van der Waals surface area contributed by atoms with Gasteiger partial charge in [0.2, 0.25) is 0 Å². The van der Waals surface area contributed by atoms with E-state index in [9.17, 15) is 8.42 Å². The molecule has 0 aromatic carbocycles. The Morgan fingerprint density at radius 1 is 1.37 bits per heavy atom. The second-order valence-electron chi connectivity index (χ2n) is 4.51. The van der Waals surface area contributed by atoms with Crippen molar-refractivity contribution in [1.29, 1.82) is 0 Å². The van der Waals surface area contributed by atoms with Gasteiger partial charge in [-0.15, -0.1) is 0 Å². The minimum absolute atomic E-state index is 0.209. The maximum Gasteiger partial charge on any atom is 0.147 e. The predicted octanol–water partition coefficient (Wildman–Crippen LogP) is 1.51. The molecule has 0 saturated carbocycles. The van der Waals surface area contributed by atoms with Gasteiger partial charge in [0.15, 0.2) is 0 Å². The van der Waals surface area contributed by atoms with Gasteiger partial charge in [-0.3, -0.25) is 0 Å². The molecule has 2 heterocycles. The van der Waals surface area contributed by atoms with Gasteiger partial charge in [0.25, 0.3) is 0 Å². The molecule has 0 saturated heterocycles. The highest BCUT2D eigenvalue weighted by molar-refractivity contribution is 7.90. The van der Waals surface area contributed by atoms with Crippen molar-refractivity contribution >= 4 is 27.1 Å². The fourth-order valence-corrected chi connectivity index (χ4v) is 2.62. The van der Waals surface area contributed by atoms with Crippen LogP contribution in [0.4, 0.5) is 0 Å². The lowest BCUT2D eigenvalue weighted by atomic mass is 10.4. The normalized spacial score (nSPS) is 12.1. The van der Waals surface area contributed by atoms with Crippen LogP contribution in [0.15, 0.2) is 24.5 Å². The highest BCUT2D eigenvalue weighted by Gasteiger charge is 2.03. The maximum atomic E-state index is 11.0. The smallest absolute Gasteiger partial charge is 0.147 e. The Hall–Kier alpha value is -1.11. The first-order valence-corrected chi connectivity index (χ1v) is 8.39. The van der Waals surface area contributed by atoms with Crippen LogP contribution in [0.25, 0.3) is 5.65 Å². The summed E-state index contributed by atoms with van der Waals surface area (Å²) in [6.07, 6.45) is 5.57. The Balaban J connectivity index is 1.85. The van der Waals surface area contributed by atoms with E-state index in [4.69, 9.17) is 11.6 Å². The number of sulfone groups is 1. The molecule has 5 nitrogen and oxygen atoms in total. The highest BCUT2D eigenvalue weighted by Crippen LogP contribution is 2.11. The van der Waals surface area contributed by atoms with Crippen molar-refractivity contribution in [3.63, 3.8) is 0 Å². The number of hydrogen-bond acceptors (Lipinski definition) is 4. The lowest BCUT2D eigenvalue weighted by molar-refractivity contribution is 0.594. The molecular weight excluding hydrogens is 286 g/mol. The van der Waals surface area contributed by atoms with Crippen LogP contribution in [0.3, 0.4) is 0 Å². The van der Waals surface area contributed by atoms with Crippen LogP contribution in [0, 0.1) is 0 Å². The summed E-state index contributed by atoms with van der Waals surface area (Å²) >= 11 is 5.90. The van der Waals surface area contributed by atoms with E-state index in [1.165, 1.54) is 6.26 Å². The number of nitrogens with one attached hydrogen (secondary N) is 1. The fourth-order valence-electron chi connectivity index (χ4n) is 1.78. The monoisotopic (exact) mass is 301 g/mol. The predicted molar refractivity (Wildman–Crippen MR) is 76.2 cm³/mol. The lowest BCUT2D eigenvalue weighted by Gasteiger charge is -2.01. The average Bonchev–Trinajstić information content (AvgIpc) is 2.68. The first kappa shape index (κ1) is 14.3. The first-order valence-electron chi connectivity index (χ1n) is 5.96. The van der Waals surface area contributed by atoms with Crippen molar-refractivity contribution in [3.05, 3.63) is 35.2 Å². The van der Waals surface area contributed by atoms with Crippen molar-refractivity contribution in [2.75, 3.05) is 18.6 Å². The van der Waals surface area contributed by atoms with Gasteiger partial charge in [0, 0.05) is 25.2 Å². The topological polar surface area (TPSA) is 63.5 Å². The third-order valence-electron chi connectivity index (χ3n) is 2.64. The average molecular weight is 302 g/mol. The minimum Gasteiger partial charge on any atom is -0.311 e. The molecule has 2 rings (SSSR count). The van der Waals surface area contributed by atoms with E-state index in [0.717, 1.165) is 11.3 Å². The van der Waals surface area contributed by atoms with Crippen molar-refractivity contribution in [2.45, 2.75) is 13.0 Å². The van der Waals surface area contributed by atoms with Crippen molar-refractivity contribution < 1.29 is 8.42 Å². The molecule has 19 heavy (non-hydrogen) atoms. The Kier molecular flexibility index (Phi) is 4.44. The second kappa shape index (κ2) is 5.90. The van der Waals surface area contributed by atoms with Gasteiger partial charge in [-0.2, -0.15) is 0 Å².